The molecule has 0 unspecified atom stereocenters. The van der Waals surface area contributed by atoms with E-state index in [-0.39, 0.29) is 18.1 Å². The third-order valence-electron chi connectivity index (χ3n) is 7.02. The molecule has 2 atom stereocenters. The highest BCUT2D eigenvalue weighted by molar-refractivity contribution is 5.94. The summed E-state index contributed by atoms with van der Waals surface area (Å²) in [6.07, 6.45) is 2.66. The second-order valence-electron chi connectivity index (χ2n) is 9.65. The standard InChI is InChI=1S/C26H29N7O3/c1-15-22(16(2)36-30-15)18-8-9-20-23-24(18)35-14-21(19-7-5-6-11-27-19)33(23)25(29-20)32-12-10-17(13-32)28-26(34)31(3)4/h5-9,11,17,21H,10,12-14H2,1-4H3,(H,28,34)/t17-,21-/m1/s1. The molecule has 1 saturated heterocycles. The van der Waals surface area contributed by atoms with Crippen molar-refractivity contribution in [2.45, 2.75) is 32.4 Å². The van der Waals surface area contributed by atoms with E-state index in [4.69, 9.17) is 14.2 Å². The van der Waals surface area contributed by atoms with Gasteiger partial charge in [0.25, 0.3) is 0 Å². The van der Waals surface area contributed by atoms with Gasteiger partial charge in [0.2, 0.25) is 5.95 Å². The number of hydrogen-bond donors (Lipinski definition) is 1. The molecule has 10 heteroatoms. The van der Waals surface area contributed by atoms with Crippen LogP contribution in [-0.2, 0) is 0 Å². The topological polar surface area (TPSA) is 102 Å². The van der Waals surface area contributed by atoms with Crippen LogP contribution < -0.4 is 15.0 Å². The van der Waals surface area contributed by atoms with E-state index >= 15 is 0 Å². The fourth-order valence-electron chi connectivity index (χ4n) is 5.27. The average Bonchev–Trinajstić information content (AvgIpc) is 3.58. The van der Waals surface area contributed by atoms with Gasteiger partial charge in [-0.2, -0.15) is 0 Å². The number of carbonyl (C=O) groups excluding carboxylic acids is 1. The summed E-state index contributed by atoms with van der Waals surface area (Å²) < 4.78 is 14.2. The molecule has 2 aliphatic heterocycles. The number of carbonyl (C=O) groups is 1. The number of urea groups is 1. The summed E-state index contributed by atoms with van der Waals surface area (Å²) in [4.78, 5) is 25.8. The van der Waals surface area contributed by atoms with Crippen molar-refractivity contribution in [2.75, 3.05) is 38.7 Å². The third kappa shape index (κ3) is 3.55. The van der Waals surface area contributed by atoms with Crippen LogP contribution in [0.4, 0.5) is 10.7 Å². The van der Waals surface area contributed by atoms with E-state index < -0.39 is 0 Å². The molecule has 186 valence electrons. The average molecular weight is 488 g/mol. The number of aryl methyl sites for hydroxylation is 2. The molecule has 0 saturated carbocycles. The normalized spacial score (nSPS) is 18.9. The summed E-state index contributed by atoms with van der Waals surface area (Å²) in [5.74, 6) is 2.40. The Labute approximate surface area is 208 Å². The Morgan fingerprint density at radius 3 is 2.78 bits per heavy atom. The smallest absolute Gasteiger partial charge is 0.317 e. The Balaban J connectivity index is 1.48. The van der Waals surface area contributed by atoms with Gasteiger partial charge in [-0.1, -0.05) is 11.2 Å². The molecule has 0 aliphatic carbocycles. The number of nitrogens with one attached hydrogen (secondary N) is 1. The van der Waals surface area contributed by atoms with Crippen LogP contribution in [0.1, 0.15) is 29.6 Å². The van der Waals surface area contributed by atoms with Crippen molar-refractivity contribution in [1.29, 1.82) is 0 Å². The molecular formula is C26H29N7O3. The predicted molar refractivity (Wildman–Crippen MR) is 135 cm³/mol. The molecule has 2 aliphatic rings. The lowest BCUT2D eigenvalue weighted by Crippen LogP contribution is -2.43. The van der Waals surface area contributed by atoms with Gasteiger partial charge in [-0.3, -0.25) is 9.55 Å². The van der Waals surface area contributed by atoms with Crippen molar-refractivity contribution in [3.63, 3.8) is 0 Å². The molecule has 4 aromatic rings. The number of imidazole rings is 1. The highest BCUT2D eigenvalue weighted by Crippen LogP contribution is 2.46. The van der Waals surface area contributed by atoms with Gasteiger partial charge < -0.3 is 24.4 Å². The first-order chi connectivity index (χ1) is 17.4. The fourth-order valence-corrected chi connectivity index (χ4v) is 5.27. The first-order valence-electron chi connectivity index (χ1n) is 12.2. The SMILES string of the molecule is Cc1noc(C)c1-c1ccc2nc(N3CC[C@@H](NC(=O)N(C)C)C3)n3c2c1OC[C@@H]3c1ccccn1. The summed E-state index contributed by atoms with van der Waals surface area (Å²) in [6.45, 7) is 5.77. The molecule has 2 amide bonds. The maximum atomic E-state index is 12.2. The van der Waals surface area contributed by atoms with Gasteiger partial charge in [0.05, 0.1) is 22.5 Å². The Morgan fingerprint density at radius 2 is 2.06 bits per heavy atom. The van der Waals surface area contributed by atoms with E-state index in [9.17, 15) is 4.79 Å². The highest BCUT2D eigenvalue weighted by atomic mass is 16.5. The number of rotatable bonds is 4. The number of amides is 2. The number of ether oxygens (including phenoxy) is 1. The van der Waals surface area contributed by atoms with E-state index in [2.05, 4.69) is 24.9 Å². The molecule has 0 spiro atoms. The molecule has 10 nitrogen and oxygen atoms in total. The van der Waals surface area contributed by atoms with Gasteiger partial charge in [0.15, 0.2) is 5.75 Å². The van der Waals surface area contributed by atoms with Crippen molar-refractivity contribution in [2.24, 2.45) is 0 Å². The van der Waals surface area contributed by atoms with Crippen LogP contribution >= 0.6 is 0 Å². The number of benzene rings is 1. The summed E-state index contributed by atoms with van der Waals surface area (Å²) in [7, 11) is 3.51. The van der Waals surface area contributed by atoms with Crippen LogP contribution in [-0.4, -0.2) is 70.5 Å². The Hall–Kier alpha value is -4.08. The first kappa shape index (κ1) is 22.4. The lowest BCUT2D eigenvalue weighted by molar-refractivity contribution is 0.214. The molecule has 5 heterocycles. The van der Waals surface area contributed by atoms with Crippen molar-refractivity contribution >= 4 is 23.0 Å². The van der Waals surface area contributed by atoms with E-state index in [1.54, 1.807) is 19.0 Å². The van der Waals surface area contributed by atoms with Crippen molar-refractivity contribution in [3.8, 4) is 16.9 Å². The summed E-state index contributed by atoms with van der Waals surface area (Å²) in [6, 6.07) is 9.85. The minimum absolute atomic E-state index is 0.0537. The lowest BCUT2D eigenvalue weighted by atomic mass is 10.0. The van der Waals surface area contributed by atoms with Gasteiger partial charge in [0.1, 0.15) is 23.9 Å². The molecule has 1 aromatic carbocycles. The maximum absolute atomic E-state index is 12.2. The summed E-state index contributed by atoms with van der Waals surface area (Å²) in [5, 5.41) is 7.27. The van der Waals surface area contributed by atoms with Gasteiger partial charge in [-0.25, -0.2) is 9.78 Å². The van der Waals surface area contributed by atoms with Crippen molar-refractivity contribution in [1.82, 2.24) is 29.9 Å². The van der Waals surface area contributed by atoms with Crippen LogP contribution in [0.25, 0.3) is 22.2 Å². The number of nitrogens with zero attached hydrogens (tertiary/aromatic N) is 6. The predicted octanol–water partition coefficient (Wildman–Crippen LogP) is 3.53. The molecule has 36 heavy (non-hydrogen) atoms. The number of anilines is 1. The zero-order valence-corrected chi connectivity index (χ0v) is 20.9. The first-order valence-corrected chi connectivity index (χ1v) is 12.2. The van der Waals surface area contributed by atoms with Gasteiger partial charge in [0, 0.05) is 45.0 Å². The molecule has 6 rings (SSSR count). The van der Waals surface area contributed by atoms with Crippen molar-refractivity contribution < 1.29 is 14.1 Å². The fraction of sp³-hybridized carbons (Fsp3) is 0.385. The van der Waals surface area contributed by atoms with Crippen LogP contribution in [0.5, 0.6) is 5.75 Å². The third-order valence-corrected chi connectivity index (χ3v) is 7.02. The Bertz CT molecular complexity index is 1420. The van der Waals surface area contributed by atoms with E-state index in [1.807, 2.05) is 50.4 Å². The molecule has 3 aromatic heterocycles. The minimum Gasteiger partial charge on any atom is -0.488 e. The molecule has 1 N–H and O–H groups in total. The van der Waals surface area contributed by atoms with Gasteiger partial charge >= 0.3 is 6.03 Å². The molecule has 0 bridgehead atoms. The van der Waals surface area contributed by atoms with Crippen LogP contribution in [0.2, 0.25) is 0 Å². The van der Waals surface area contributed by atoms with Gasteiger partial charge in [-0.05, 0) is 44.5 Å². The highest BCUT2D eigenvalue weighted by Gasteiger charge is 2.35. The van der Waals surface area contributed by atoms with Crippen LogP contribution in [0, 0.1) is 13.8 Å². The second kappa shape index (κ2) is 8.54. The zero-order chi connectivity index (χ0) is 25.0. The summed E-state index contributed by atoms with van der Waals surface area (Å²) >= 11 is 0. The quantitative estimate of drug-likeness (QED) is 0.470. The van der Waals surface area contributed by atoms with Gasteiger partial charge in [-0.15, -0.1) is 0 Å². The largest absolute Gasteiger partial charge is 0.488 e. The molecule has 0 radical (unpaired) electrons. The zero-order valence-electron chi connectivity index (χ0n) is 20.9. The minimum atomic E-state index is -0.131. The van der Waals surface area contributed by atoms with Crippen molar-refractivity contribution in [3.05, 3.63) is 53.7 Å². The number of pyridine rings is 1. The van der Waals surface area contributed by atoms with E-state index in [1.165, 1.54) is 0 Å². The lowest BCUT2D eigenvalue weighted by Gasteiger charge is -2.30. The monoisotopic (exact) mass is 487 g/mol. The van der Waals surface area contributed by atoms with Crippen LogP contribution in [0.3, 0.4) is 0 Å². The molecular weight excluding hydrogens is 458 g/mol. The second-order valence-corrected chi connectivity index (χ2v) is 9.65. The summed E-state index contributed by atoms with van der Waals surface area (Å²) in [5.41, 5.74) is 5.43. The maximum Gasteiger partial charge on any atom is 0.317 e. The Morgan fingerprint density at radius 1 is 1.19 bits per heavy atom. The molecule has 1 fully saturated rings. The number of aromatic nitrogens is 4. The Kier molecular flexibility index (Phi) is 5.31. The van der Waals surface area contributed by atoms with Crippen LogP contribution in [0.15, 0.2) is 41.1 Å². The van der Waals surface area contributed by atoms with E-state index in [0.717, 1.165) is 64.0 Å². The number of hydrogen-bond acceptors (Lipinski definition) is 7. The van der Waals surface area contributed by atoms with E-state index in [0.29, 0.717) is 13.2 Å².